The highest BCUT2D eigenvalue weighted by atomic mass is 15.2. The third-order valence-electron chi connectivity index (χ3n) is 28.5. The van der Waals surface area contributed by atoms with Gasteiger partial charge in [-0.05, 0) is 290 Å². The van der Waals surface area contributed by atoms with Crippen molar-refractivity contribution in [2.75, 3.05) is 19.6 Å². The topological polar surface area (TPSA) is 13.0 Å². The predicted octanol–water partition coefficient (Wildman–Crippen LogP) is 33.9. The molecule has 24 rings (SSSR count). The standard InChI is InChI=1S/C124H94N4/c1-7-81-57-65-89(66-58-81)125(87-35-11-9-12-36-87)115-75-111-119(103-49-19-15-45-99(103)115)121-105-51-21-17-47-101(105)117(77-113(121)123(111)107-53-27-23-41-95(107)96-42-24-28-54-108(96)123)127(90-67-59-82(8-2)60-68-90)93-39-31-33-85(73-93)86-34-32-40-94(74-86)128(92-71-63-84(64-72-92)80(5)6)118-78-114-122(106-52-22-18-48-102(106)118)120-104-50-20-16-46-100(104)116(126(88-37-13-10-14-38-88)91-69-61-83(62-70-91)79(3)4)76-112(120)124(114)109-55-29-25-43-97(109)98-44-26-30-56-110(98)124/h9-80H,7-8H2,1-6H3. The summed E-state index contributed by atoms with van der Waals surface area (Å²) in [6.07, 6.45) is 1.88. The van der Waals surface area contributed by atoms with E-state index in [2.05, 4.69) is 486 Å². The molecule has 0 radical (unpaired) electrons. The fourth-order valence-corrected chi connectivity index (χ4v) is 22.6. The number of aryl methyl sites for hydroxylation is 2. The third kappa shape index (κ3) is 11.5. The van der Waals surface area contributed by atoms with Gasteiger partial charge in [-0.3, -0.25) is 0 Å². The van der Waals surface area contributed by atoms with E-state index < -0.39 is 10.8 Å². The van der Waals surface area contributed by atoms with E-state index in [0.717, 1.165) is 92.2 Å². The van der Waals surface area contributed by atoms with Crippen molar-refractivity contribution in [3.05, 3.63) is 491 Å². The minimum atomic E-state index is -0.762. The van der Waals surface area contributed by atoms with E-state index in [1.54, 1.807) is 0 Å². The molecule has 0 aliphatic heterocycles. The minimum absolute atomic E-state index is 0.332. The smallest absolute Gasteiger partial charge is 0.0727 e. The number of benzene rings is 20. The van der Waals surface area contributed by atoms with Crippen LogP contribution in [0.25, 0.3) is 98.7 Å². The highest BCUT2D eigenvalue weighted by Gasteiger charge is 2.56. The summed E-state index contributed by atoms with van der Waals surface area (Å²) in [5.74, 6) is 0.722. The summed E-state index contributed by atoms with van der Waals surface area (Å²) in [5, 5.41) is 9.57. The fourth-order valence-electron chi connectivity index (χ4n) is 22.6. The first kappa shape index (κ1) is 76.3. The Morgan fingerprint density at radius 1 is 0.195 bits per heavy atom. The molecule has 4 heteroatoms. The Morgan fingerprint density at radius 3 is 0.695 bits per heavy atom. The number of hydrogen-bond acceptors (Lipinski definition) is 4. The van der Waals surface area contributed by atoms with Gasteiger partial charge < -0.3 is 19.6 Å². The van der Waals surface area contributed by atoms with Crippen molar-refractivity contribution in [3.63, 3.8) is 0 Å². The lowest BCUT2D eigenvalue weighted by molar-refractivity contribution is 0.795. The molecular formula is C124H94N4. The lowest BCUT2D eigenvalue weighted by atomic mass is 9.70. The summed E-state index contributed by atoms with van der Waals surface area (Å²) in [4.78, 5) is 10.2. The van der Waals surface area contributed by atoms with Crippen molar-refractivity contribution in [1.82, 2.24) is 0 Å². The molecule has 20 aromatic rings. The van der Waals surface area contributed by atoms with Crippen LogP contribution < -0.4 is 19.6 Å². The van der Waals surface area contributed by atoms with Crippen LogP contribution >= 0.6 is 0 Å². The summed E-state index contributed by atoms with van der Waals surface area (Å²) in [7, 11) is 0. The minimum Gasteiger partial charge on any atom is -0.310 e. The molecule has 4 aliphatic carbocycles. The van der Waals surface area contributed by atoms with Crippen molar-refractivity contribution in [2.45, 2.75) is 77.0 Å². The molecule has 0 unspecified atom stereocenters. The van der Waals surface area contributed by atoms with Gasteiger partial charge in [0.2, 0.25) is 0 Å². The van der Waals surface area contributed by atoms with Gasteiger partial charge in [-0.25, -0.2) is 0 Å². The van der Waals surface area contributed by atoms with E-state index in [1.165, 1.54) is 154 Å². The molecule has 0 saturated heterocycles. The maximum atomic E-state index is 2.62. The van der Waals surface area contributed by atoms with E-state index in [4.69, 9.17) is 0 Å². The molecule has 0 saturated carbocycles. The summed E-state index contributed by atoms with van der Waals surface area (Å²) < 4.78 is 0. The van der Waals surface area contributed by atoms with Crippen LogP contribution in [0.3, 0.4) is 0 Å². The van der Waals surface area contributed by atoms with Gasteiger partial charge in [-0.15, -0.1) is 0 Å². The second-order valence-corrected chi connectivity index (χ2v) is 35.8. The van der Waals surface area contributed by atoms with Crippen molar-refractivity contribution < 1.29 is 0 Å². The molecule has 2 spiro atoms. The molecule has 0 fully saturated rings. The highest BCUT2D eigenvalue weighted by molar-refractivity contribution is 6.22. The first-order chi connectivity index (χ1) is 63.1. The quantitative estimate of drug-likeness (QED) is 0.0901. The Morgan fingerprint density at radius 2 is 0.422 bits per heavy atom. The molecule has 128 heavy (non-hydrogen) atoms. The van der Waals surface area contributed by atoms with Crippen molar-refractivity contribution >= 4 is 111 Å². The van der Waals surface area contributed by atoms with Crippen LogP contribution in [0, 0.1) is 0 Å². The molecule has 4 nitrogen and oxygen atoms in total. The second-order valence-electron chi connectivity index (χ2n) is 35.8. The van der Waals surface area contributed by atoms with Crippen LogP contribution in [0.2, 0.25) is 0 Å². The summed E-state index contributed by atoms with van der Waals surface area (Å²) >= 11 is 0. The van der Waals surface area contributed by atoms with Gasteiger partial charge in [-0.1, -0.05) is 345 Å². The number of rotatable bonds is 17. The fraction of sp³-hybridized carbons (Fsp3) is 0.0968. The largest absolute Gasteiger partial charge is 0.310 e. The average molecular weight is 1640 g/mol. The van der Waals surface area contributed by atoms with Gasteiger partial charge in [-0.2, -0.15) is 0 Å². The second kappa shape index (κ2) is 30.2. The van der Waals surface area contributed by atoms with E-state index in [0.29, 0.717) is 11.8 Å². The van der Waals surface area contributed by atoms with Crippen molar-refractivity contribution in [1.29, 1.82) is 0 Å². The van der Waals surface area contributed by atoms with Gasteiger partial charge in [0.25, 0.3) is 0 Å². The predicted molar refractivity (Wildman–Crippen MR) is 540 cm³/mol. The Bertz CT molecular complexity index is 7750. The SMILES string of the molecule is CCc1ccc(N(c2ccccc2)c2cc3c(c4ccccc24)-c2c(cc(N(c4ccc(CC)cc4)c4cccc(-c5cccc(N(c6ccc(C(C)C)cc6)c6cc7c(c8ccccc68)-c6c(cc(N(c8ccccc8)c8ccc(C(C)C)cc8)c8ccccc68)C76c7ccccc7-c7ccccc76)c5)c4)c4ccccc24)C32c3ccccc3-c3ccccc32)cc1. The van der Waals surface area contributed by atoms with E-state index in [-0.39, 0.29) is 0 Å². The Labute approximate surface area is 749 Å². The molecule has 20 aromatic carbocycles. The van der Waals surface area contributed by atoms with Gasteiger partial charge in [0.1, 0.15) is 0 Å². The lowest BCUT2D eigenvalue weighted by Crippen LogP contribution is -2.26. The Hall–Kier alpha value is -15.4. The first-order valence-electron chi connectivity index (χ1n) is 45.6. The average Bonchev–Trinajstić information content (AvgIpc) is 1.50. The Kier molecular flexibility index (Phi) is 18.0. The lowest BCUT2D eigenvalue weighted by Gasteiger charge is -2.34. The molecule has 610 valence electrons. The molecular weight excluding hydrogens is 1550 g/mol. The van der Waals surface area contributed by atoms with Gasteiger partial charge >= 0.3 is 0 Å². The summed E-state index contributed by atoms with van der Waals surface area (Å²) in [5.41, 5.74) is 39.5. The van der Waals surface area contributed by atoms with Crippen LogP contribution in [0.4, 0.5) is 68.2 Å². The van der Waals surface area contributed by atoms with Crippen LogP contribution in [0.15, 0.2) is 425 Å². The number of anilines is 12. The third-order valence-corrected chi connectivity index (χ3v) is 28.5. The normalized spacial score (nSPS) is 13.1. The van der Waals surface area contributed by atoms with Gasteiger partial charge in [0, 0.05) is 67.0 Å². The molecule has 0 aromatic heterocycles. The summed E-state index contributed by atoms with van der Waals surface area (Å²) in [6, 6.07) is 163. The monoisotopic (exact) mass is 1640 g/mol. The van der Waals surface area contributed by atoms with E-state index in [1.807, 2.05) is 0 Å². The van der Waals surface area contributed by atoms with Crippen LogP contribution in [-0.4, -0.2) is 0 Å². The molecule has 0 heterocycles. The zero-order chi connectivity index (χ0) is 85.6. The van der Waals surface area contributed by atoms with Crippen molar-refractivity contribution in [2.24, 2.45) is 0 Å². The van der Waals surface area contributed by atoms with Crippen LogP contribution in [-0.2, 0) is 23.7 Å². The summed E-state index contributed by atoms with van der Waals surface area (Å²) in [6.45, 7) is 13.7. The number of fused-ring (bicyclic) bond motifs is 28. The molecule has 4 aliphatic rings. The molecule has 0 atom stereocenters. The number of para-hydroxylation sites is 2. The Balaban J connectivity index is 0.717. The highest BCUT2D eigenvalue weighted by Crippen LogP contribution is 2.70. The van der Waals surface area contributed by atoms with Crippen LogP contribution in [0.5, 0.6) is 0 Å². The molecule has 0 N–H and O–H groups in total. The zero-order valence-electron chi connectivity index (χ0n) is 72.8. The van der Waals surface area contributed by atoms with Gasteiger partial charge in [0.15, 0.2) is 0 Å². The molecule has 0 amide bonds. The van der Waals surface area contributed by atoms with Crippen molar-refractivity contribution in [3.8, 4) is 55.6 Å². The zero-order valence-corrected chi connectivity index (χ0v) is 72.8. The van der Waals surface area contributed by atoms with E-state index in [9.17, 15) is 0 Å². The van der Waals surface area contributed by atoms with E-state index >= 15 is 0 Å². The number of hydrogen-bond donors (Lipinski definition) is 0. The maximum Gasteiger partial charge on any atom is 0.0727 e. The van der Waals surface area contributed by atoms with Crippen LogP contribution in [0.1, 0.15) is 120 Å². The maximum absolute atomic E-state index is 2.62. The number of nitrogens with zero attached hydrogens (tertiary/aromatic N) is 4. The first-order valence-corrected chi connectivity index (χ1v) is 45.6. The van der Waals surface area contributed by atoms with Gasteiger partial charge in [0.05, 0.1) is 33.6 Å². The molecule has 0 bridgehead atoms.